The summed E-state index contributed by atoms with van der Waals surface area (Å²) < 4.78 is 12.0. The van der Waals surface area contributed by atoms with Gasteiger partial charge in [-0.2, -0.15) is 0 Å². The van der Waals surface area contributed by atoms with Gasteiger partial charge in [0.2, 0.25) is 0 Å². The van der Waals surface area contributed by atoms with Gasteiger partial charge in [-0.1, -0.05) is 18.2 Å². The first-order valence-corrected chi connectivity index (χ1v) is 9.93. The van der Waals surface area contributed by atoms with Gasteiger partial charge in [-0.3, -0.25) is 9.98 Å². The van der Waals surface area contributed by atoms with E-state index in [0.29, 0.717) is 19.7 Å². The zero-order valence-corrected chi connectivity index (χ0v) is 17.0. The highest BCUT2D eigenvalue weighted by Crippen LogP contribution is 2.41. The van der Waals surface area contributed by atoms with E-state index in [4.69, 9.17) is 9.47 Å². The SMILES string of the molecule is CCNC(=NCCc1ccccn1)NCCOc1cccc2c1OC(C)(C)C2. The molecule has 0 saturated carbocycles. The third-order valence-corrected chi connectivity index (χ3v) is 4.42. The van der Waals surface area contributed by atoms with Crippen molar-refractivity contribution in [2.24, 2.45) is 4.99 Å². The fraction of sp³-hybridized carbons (Fsp3) is 0.455. The molecule has 2 N–H and O–H groups in total. The second kappa shape index (κ2) is 9.44. The Morgan fingerprint density at radius 3 is 2.89 bits per heavy atom. The van der Waals surface area contributed by atoms with Gasteiger partial charge in [0.25, 0.3) is 0 Å². The van der Waals surface area contributed by atoms with Gasteiger partial charge in [-0.25, -0.2) is 0 Å². The first-order chi connectivity index (χ1) is 13.6. The standard InChI is InChI=1S/C22H30N4O2/c1-4-23-21(25-13-11-18-9-5-6-12-24-18)26-14-15-27-19-10-7-8-17-16-22(2,3)28-20(17)19/h5-10,12H,4,11,13-16H2,1-3H3,(H2,23,25,26). The number of nitrogens with one attached hydrogen (secondary N) is 2. The van der Waals surface area contributed by atoms with Crippen molar-refractivity contribution in [3.05, 3.63) is 53.9 Å². The molecule has 1 aromatic heterocycles. The topological polar surface area (TPSA) is 67.8 Å². The molecule has 3 rings (SSSR count). The Bertz CT molecular complexity index is 790. The lowest BCUT2D eigenvalue weighted by atomic mass is 10.0. The van der Waals surface area contributed by atoms with Crippen molar-refractivity contribution in [3.8, 4) is 11.5 Å². The fourth-order valence-corrected chi connectivity index (χ4v) is 3.20. The van der Waals surface area contributed by atoms with Gasteiger partial charge in [-0.15, -0.1) is 0 Å². The van der Waals surface area contributed by atoms with Crippen molar-refractivity contribution in [2.75, 3.05) is 26.2 Å². The van der Waals surface area contributed by atoms with Crippen LogP contribution in [0.2, 0.25) is 0 Å². The quantitative estimate of drug-likeness (QED) is 0.417. The molecule has 0 radical (unpaired) electrons. The van der Waals surface area contributed by atoms with Crippen molar-refractivity contribution in [3.63, 3.8) is 0 Å². The van der Waals surface area contributed by atoms with Gasteiger partial charge in [0.1, 0.15) is 12.2 Å². The first kappa shape index (κ1) is 20.0. The lowest BCUT2D eigenvalue weighted by Crippen LogP contribution is -2.39. The molecule has 1 aromatic carbocycles. The van der Waals surface area contributed by atoms with E-state index in [0.717, 1.165) is 42.5 Å². The van der Waals surface area contributed by atoms with Crippen LogP contribution in [0.5, 0.6) is 11.5 Å². The number of rotatable bonds is 8. The zero-order chi connectivity index (χ0) is 19.8. The van der Waals surface area contributed by atoms with E-state index in [1.807, 2.05) is 36.5 Å². The molecule has 0 atom stereocenters. The van der Waals surface area contributed by atoms with Crippen LogP contribution in [0.1, 0.15) is 32.0 Å². The Morgan fingerprint density at radius 2 is 2.11 bits per heavy atom. The summed E-state index contributed by atoms with van der Waals surface area (Å²) in [5.41, 5.74) is 2.09. The van der Waals surface area contributed by atoms with Crippen LogP contribution < -0.4 is 20.1 Å². The van der Waals surface area contributed by atoms with E-state index < -0.39 is 0 Å². The van der Waals surface area contributed by atoms with E-state index >= 15 is 0 Å². The summed E-state index contributed by atoms with van der Waals surface area (Å²) >= 11 is 0. The molecular weight excluding hydrogens is 352 g/mol. The molecule has 0 unspecified atom stereocenters. The summed E-state index contributed by atoms with van der Waals surface area (Å²) in [7, 11) is 0. The monoisotopic (exact) mass is 382 g/mol. The molecule has 0 aliphatic carbocycles. The summed E-state index contributed by atoms with van der Waals surface area (Å²) in [6.45, 7) is 8.94. The molecule has 0 bridgehead atoms. The minimum atomic E-state index is -0.168. The number of guanidine groups is 1. The highest BCUT2D eigenvalue weighted by Gasteiger charge is 2.32. The van der Waals surface area contributed by atoms with Crippen molar-refractivity contribution in [1.29, 1.82) is 0 Å². The van der Waals surface area contributed by atoms with E-state index in [1.165, 1.54) is 5.56 Å². The molecular formula is C22H30N4O2. The van der Waals surface area contributed by atoms with E-state index in [-0.39, 0.29) is 5.60 Å². The van der Waals surface area contributed by atoms with Gasteiger partial charge in [0, 0.05) is 43.4 Å². The highest BCUT2D eigenvalue weighted by molar-refractivity contribution is 5.79. The molecule has 6 heteroatoms. The van der Waals surface area contributed by atoms with Crippen LogP contribution in [0, 0.1) is 0 Å². The summed E-state index contributed by atoms with van der Waals surface area (Å²) in [6.07, 6.45) is 3.54. The number of hydrogen-bond donors (Lipinski definition) is 2. The maximum absolute atomic E-state index is 6.05. The van der Waals surface area contributed by atoms with Gasteiger partial charge in [0.05, 0.1) is 6.54 Å². The summed E-state index contributed by atoms with van der Waals surface area (Å²) in [5.74, 6) is 2.48. The van der Waals surface area contributed by atoms with Crippen molar-refractivity contribution >= 4 is 5.96 Å². The van der Waals surface area contributed by atoms with Crippen LogP contribution in [0.25, 0.3) is 0 Å². The average molecular weight is 383 g/mol. The largest absolute Gasteiger partial charge is 0.488 e. The van der Waals surface area contributed by atoms with Crippen LogP contribution in [-0.2, 0) is 12.8 Å². The second-order valence-electron chi connectivity index (χ2n) is 7.39. The van der Waals surface area contributed by atoms with Crippen molar-refractivity contribution < 1.29 is 9.47 Å². The number of hydrogen-bond acceptors (Lipinski definition) is 4. The lowest BCUT2D eigenvalue weighted by Gasteiger charge is -2.18. The molecule has 0 amide bonds. The molecule has 150 valence electrons. The zero-order valence-electron chi connectivity index (χ0n) is 17.0. The summed E-state index contributed by atoms with van der Waals surface area (Å²) in [6, 6.07) is 12.0. The van der Waals surface area contributed by atoms with Gasteiger partial charge >= 0.3 is 0 Å². The predicted octanol–water partition coefficient (Wildman–Crippen LogP) is 2.97. The Labute approximate surface area is 167 Å². The second-order valence-corrected chi connectivity index (χ2v) is 7.39. The normalized spacial score (nSPS) is 14.9. The number of benzene rings is 1. The Balaban J connectivity index is 1.47. The molecule has 1 aliphatic heterocycles. The molecule has 1 aliphatic rings. The van der Waals surface area contributed by atoms with Crippen LogP contribution in [0.15, 0.2) is 47.6 Å². The Kier molecular flexibility index (Phi) is 6.74. The minimum absolute atomic E-state index is 0.168. The Morgan fingerprint density at radius 1 is 1.21 bits per heavy atom. The average Bonchev–Trinajstić information content (AvgIpc) is 3.00. The van der Waals surface area contributed by atoms with Gasteiger partial charge in [-0.05, 0) is 39.0 Å². The molecule has 2 heterocycles. The summed E-state index contributed by atoms with van der Waals surface area (Å²) in [4.78, 5) is 8.93. The predicted molar refractivity (Wildman–Crippen MR) is 112 cm³/mol. The van der Waals surface area contributed by atoms with Crippen molar-refractivity contribution in [2.45, 2.75) is 39.2 Å². The number of para-hydroxylation sites is 1. The number of aromatic nitrogens is 1. The van der Waals surface area contributed by atoms with Crippen LogP contribution in [-0.4, -0.2) is 42.8 Å². The lowest BCUT2D eigenvalue weighted by molar-refractivity contribution is 0.132. The third-order valence-electron chi connectivity index (χ3n) is 4.42. The molecule has 28 heavy (non-hydrogen) atoms. The number of aliphatic imine (C=N–C) groups is 1. The fourth-order valence-electron chi connectivity index (χ4n) is 3.20. The third kappa shape index (κ3) is 5.62. The molecule has 6 nitrogen and oxygen atoms in total. The maximum Gasteiger partial charge on any atom is 0.191 e. The van der Waals surface area contributed by atoms with Crippen LogP contribution in [0.3, 0.4) is 0 Å². The number of nitrogens with zero attached hydrogens (tertiary/aromatic N) is 2. The van der Waals surface area contributed by atoms with E-state index in [9.17, 15) is 0 Å². The van der Waals surface area contributed by atoms with Crippen molar-refractivity contribution in [1.82, 2.24) is 15.6 Å². The van der Waals surface area contributed by atoms with Gasteiger partial charge < -0.3 is 20.1 Å². The maximum atomic E-state index is 6.05. The Hall–Kier alpha value is -2.76. The van der Waals surface area contributed by atoms with Crippen LogP contribution >= 0.6 is 0 Å². The van der Waals surface area contributed by atoms with E-state index in [2.05, 4.69) is 47.4 Å². The van der Waals surface area contributed by atoms with Crippen LogP contribution in [0.4, 0.5) is 0 Å². The molecule has 0 saturated heterocycles. The number of ether oxygens (including phenoxy) is 2. The molecule has 0 fully saturated rings. The molecule has 0 spiro atoms. The smallest absolute Gasteiger partial charge is 0.191 e. The summed E-state index contributed by atoms with van der Waals surface area (Å²) in [5, 5.41) is 6.57. The minimum Gasteiger partial charge on any atom is -0.488 e. The highest BCUT2D eigenvalue weighted by atomic mass is 16.5. The van der Waals surface area contributed by atoms with Gasteiger partial charge in [0.15, 0.2) is 17.5 Å². The first-order valence-electron chi connectivity index (χ1n) is 9.93. The number of pyridine rings is 1. The van der Waals surface area contributed by atoms with E-state index in [1.54, 1.807) is 0 Å². The molecule has 2 aromatic rings. The number of fused-ring (bicyclic) bond motifs is 1.